The van der Waals surface area contributed by atoms with Crippen molar-refractivity contribution in [2.45, 2.75) is 11.4 Å². The van der Waals surface area contributed by atoms with Gasteiger partial charge in [-0.1, -0.05) is 0 Å². The molecule has 0 amide bonds. The van der Waals surface area contributed by atoms with Gasteiger partial charge in [-0.15, -0.1) is 0 Å². The molecule has 0 saturated carbocycles. The Morgan fingerprint density at radius 2 is 2.43 bits per heavy atom. The molecule has 0 aliphatic rings. The standard InChI is InChI=1S/C3H7NO2Se/c4-2(1-7)3(5)6/h2,7H,1,4H2,(H,5,6)/p+1/t2-/m0/s1. The van der Waals surface area contributed by atoms with Crippen LogP contribution in [0.1, 0.15) is 0 Å². The van der Waals surface area contributed by atoms with Crippen molar-refractivity contribution in [3.63, 3.8) is 0 Å². The summed E-state index contributed by atoms with van der Waals surface area (Å²) in [6.45, 7) is 0. The van der Waals surface area contributed by atoms with Crippen molar-refractivity contribution in [2.24, 2.45) is 0 Å². The topological polar surface area (TPSA) is 64.9 Å². The molecular formula is C3H8NO2Se+. The molecule has 0 spiro atoms. The molecule has 42 valence electrons. The summed E-state index contributed by atoms with van der Waals surface area (Å²) in [5, 5.41) is 8.65. The summed E-state index contributed by atoms with van der Waals surface area (Å²) in [6, 6.07) is -0.458. The Bertz CT molecular complexity index is 75.3. The van der Waals surface area contributed by atoms with Crippen LogP contribution in [-0.4, -0.2) is 33.1 Å². The first-order valence-corrected chi connectivity index (χ1v) is 3.18. The Hall–Kier alpha value is -0.0505. The van der Waals surface area contributed by atoms with Crippen molar-refractivity contribution in [2.75, 3.05) is 0 Å². The number of carbonyl (C=O) groups is 1. The van der Waals surface area contributed by atoms with Crippen LogP contribution in [0.2, 0.25) is 5.32 Å². The molecule has 0 aliphatic carbocycles. The van der Waals surface area contributed by atoms with Gasteiger partial charge in [0.05, 0.1) is 0 Å². The molecule has 0 aliphatic heterocycles. The van der Waals surface area contributed by atoms with E-state index in [0.29, 0.717) is 5.32 Å². The maximum absolute atomic E-state index is 9.86. The molecule has 4 N–H and O–H groups in total. The van der Waals surface area contributed by atoms with E-state index in [1.807, 2.05) is 0 Å². The van der Waals surface area contributed by atoms with Crippen LogP contribution in [-0.2, 0) is 4.79 Å². The van der Waals surface area contributed by atoms with E-state index in [9.17, 15) is 4.79 Å². The van der Waals surface area contributed by atoms with Crippen LogP contribution in [0, 0.1) is 0 Å². The Labute approximate surface area is 49.7 Å². The van der Waals surface area contributed by atoms with Gasteiger partial charge in [0.1, 0.15) is 0 Å². The molecule has 0 radical (unpaired) electrons. The summed E-state index contributed by atoms with van der Waals surface area (Å²) in [7, 11) is 0. The zero-order valence-electron chi connectivity index (χ0n) is 3.79. The van der Waals surface area contributed by atoms with E-state index in [4.69, 9.17) is 5.11 Å². The molecule has 0 bridgehead atoms. The van der Waals surface area contributed by atoms with E-state index >= 15 is 0 Å². The van der Waals surface area contributed by atoms with Crippen molar-refractivity contribution >= 4 is 22.0 Å². The van der Waals surface area contributed by atoms with Crippen molar-refractivity contribution in [3.05, 3.63) is 0 Å². The van der Waals surface area contributed by atoms with Gasteiger partial charge in [-0.2, -0.15) is 0 Å². The molecular weight excluding hydrogens is 161 g/mol. The number of hydrogen-bond donors (Lipinski definition) is 2. The molecule has 0 aromatic heterocycles. The van der Waals surface area contributed by atoms with Crippen LogP contribution in [0.4, 0.5) is 0 Å². The fourth-order valence-corrected chi connectivity index (χ4v) is 0.406. The summed E-state index contributed by atoms with van der Waals surface area (Å²) in [4.78, 5) is 9.86. The third kappa shape index (κ3) is 2.62. The molecule has 0 heterocycles. The van der Waals surface area contributed by atoms with Gasteiger partial charge in [-0.25, -0.2) is 0 Å². The maximum atomic E-state index is 9.86. The van der Waals surface area contributed by atoms with Gasteiger partial charge >= 0.3 is 49.0 Å². The van der Waals surface area contributed by atoms with E-state index in [-0.39, 0.29) is 0 Å². The number of aliphatic carboxylic acids is 1. The first kappa shape index (κ1) is 6.95. The van der Waals surface area contributed by atoms with Gasteiger partial charge in [-0.05, 0) is 0 Å². The summed E-state index contributed by atoms with van der Waals surface area (Å²) in [5.41, 5.74) is 3.34. The third-order valence-electron chi connectivity index (χ3n) is 0.570. The summed E-state index contributed by atoms with van der Waals surface area (Å²) >= 11 is 2.19. The SMILES string of the molecule is [NH3+][C@@H](C[SeH])C(=O)O. The van der Waals surface area contributed by atoms with Gasteiger partial charge in [0.25, 0.3) is 0 Å². The number of carboxylic acid groups (broad SMARTS) is 1. The molecule has 7 heavy (non-hydrogen) atoms. The molecule has 1 atom stereocenters. The minimum absolute atomic E-state index is 0.458. The molecule has 0 unspecified atom stereocenters. The zero-order valence-corrected chi connectivity index (χ0v) is 5.67. The molecule has 0 aromatic carbocycles. The van der Waals surface area contributed by atoms with Gasteiger partial charge in [0, 0.05) is 0 Å². The van der Waals surface area contributed by atoms with Crippen LogP contribution in [0.5, 0.6) is 0 Å². The quantitative estimate of drug-likeness (QED) is 0.469. The molecule has 0 saturated heterocycles. The second-order valence-electron chi connectivity index (χ2n) is 1.22. The monoisotopic (exact) mass is 170 g/mol. The Kier molecular flexibility index (Phi) is 3.00. The molecule has 0 rings (SSSR count). The van der Waals surface area contributed by atoms with Gasteiger partial charge in [0.2, 0.25) is 0 Å². The fraction of sp³-hybridized carbons (Fsp3) is 0.667. The molecule has 0 aromatic rings. The average Bonchev–Trinajstić information content (AvgIpc) is 1.65. The average molecular weight is 169 g/mol. The second-order valence-corrected chi connectivity index (χ2v) is 1.98. The Morgan fingerprint density at radius 3 is 2.43 bits per heavy atom. The normalized spacial score (nSPS) is 13.4. The summed E-state index contributed by atoms with van der Waals surface area (Å²) in [5.74, 6) is -0.833. The number of rotatable bonds is 2. The van der Waals surface area contributed by atoms with Crippen LogP contribution < -0.4 is 5.73 Å². The molecule has 3 nitrogen and oxygen atoms in total. The Morgan fingerprint density at radius 1 is 2.00 bits per heavy atom. The number of hydrogen-bond acceptors (Lipinski definition) is 1. The second kappa shape index (κ2) is 3.02. The van der Waals surface area contributed by atoms with E-state index in [1.165, 1.54) is 0 Å². The van der Waals surface area contributed by atoms with Gasteiger partial charge < -0.3 is 0 Å². The van der Waals surface area contributed by atoms with E-state index in [1.54, 1.807) is 0 Å². The number of carboxylic acids is 1. The Balaban J connectivity index is 3.34. The van der Waals surface area contributed by atoms with E-state index in [0.717, 1.165) is 0 Å². The fourth-order valence-electron chi connectivity index (χ4n) is 0.0781. The van der Waals surface area contributed by atoms with Crippen molar-refractivity contribution in [3.8, 4) is 0 Å². The molecule has 0 fully saturated rings. The van der Waals surface area contributed by atoms with Crippen LogP contribution in [0.15, 0.2) is 0 Å². The van der Waals surface area contributed by atoms with Crippen molar-refractivity contribution in [1.82, 2.24) is 0 Å². The minimum atomic E-state index is -0.833. The number of quaternary nitrogens is 1. The van der Waals surface area contributed by atoms with Gasteiger partial charge in [0.15, 0.2) is 0 Å². The summed E-state index contributed by atoms with van der Waals surface area (Å²) < 4.78 is 0. The van der Waals surface area contributed by atoms with Crippen LogP contribution in [0.25, 0.3) is 0 Å². The summed E-state index contributed by atoms with van der Waals surface area (Å²) in [6.07, 6.45) is 0. The first-order chi connectivity index (χ1) is 3.18. The predicted molar refractivity (Wildman–Crippen MR) is 26.3 cm³/mol. The van der Waals surface area contributed by atoms with Crippen LogP contribution in [0.3, 0.4) is 0 Å². The van der Waals surface area contributed by atoms with Crippen molar-refractivity contribution < 1.29 is 15.6 Å². The third-order valence-corrected chi connectivity index (χ3v) is 1.49. The van der Waals surface area contributed by atoms with Crippen LogP contribution >= 0.6 is 0 Å². The van der Waals surface area contributed by atoms with E-state index < -0.39 is 12.0 Å². The molecule has 4 heteroatoms. The predicted octanol–water partition coefficient (Wildman–Crippen LogP) is -2.00. The zero-order chi connectivity index (χ0) is 5.86. The van der Waals surface area contributed by atoms with Gasteiger partial charge in [-0.3, -0.25) is 0 Å². The first-order valence-electron chi connectivity index (χ1n) is 1.85. The van der Waals surface area contributed by atoms with Crippen molar-refractivity contribution in [1.29, 1.82) is 0 Å². The van der Waals surface area contributed by atoms with E-state index in [2.05, 4.69) is 21.7 Å².